The van der Waals surface area contributed by atoms with Crippen LogP contribution in [0.3, 0.4) is 0 Å². The summed E-state index contributed by atoms with van der Waals surface area (Å²) in [6.07, 6.45) is -4.70. The first kappa shape index (κ1) is 19.1. The molecule has 0 aliphatic carbocycles. The van der Waals surface area contributed by atoms with E-state index in [1.165, 1.54) is 13.2 Å². The zero-order valence-electron chi connectivity index (χ0n) is 13.7. The number of amides is 2. The number of ether oxygens (including phenoxy) is 1. The average Bonchev–Trinajstić information content (AvgIpc) is 2.84. The van der Waals surface area contributed by atoms with Crippen LogP contribution in [0.1, 0.15) is 5.56 Å². The lowest BCUT2D eigenvalue weighted by Crippen LogP contribution is -2.33. The molecule has 3 rings (SSSR count). The molecule has 1 N–H and O–H groups in total. The van der Waals surface area contributed by atoms with Crippen LogP contribution in [0.4, 0.5) is 29.3 Å². The summed E-state index contributed by atoms with van der Waals surface area (Å²) in [5, 5.41) is 7.60. The molecular formula is C17H11ClF3N3O2S. The van der Waals surface area contributed by atoms with Crippen molar-refractivity contribution in [3.63, 3.8) is 0 Å². The van der Waals surface area contributed by atoms with E-state index in [1.54, 1.807) is 24.3 Å². The maximum atomic E-state index is 13.1. The molecule has 1 heterocycles. The average molecular weight is 414 g/mol. The number of carbonyl (C=O) groups is 1. The molecule has 2 amide bonds. The first-order valence-corrected chi connectivity index (χ1v) is 8.21. The Balaban J connectivity index is 2.02. The maximum Gasteiger partial charge on any atom is 0.417 e. The number of rotatable bonds is 3. The molecule has 0 spiro atoms. The van der Waals surface area contributed by atoms with Gasteiger partial charge in [-0.15, -0.1) is 0 Å². The third kappa shape index (κ3) is 3.35. The Morgan fingerprint density at radius 1 is 1.07 bits per heavy atom. The van der Waals surface area contributed by atoms with Crippen molar-refractivity contribution < 1.29 is 22.7 Å². The molecule has 2 aromatic carbocycles. The van der Waals surface area contributed by atoms with Crippen LogP contribution >= 0.6 is 23.8 Å². The Morgan fingerprint density at radius 3 is 2.22 bits per heavy atom. The highest BCUT2D eigenvalue weighted by atomic mass is 35.5. The number of benzene rings is 2. The van der Waals surface area contributed by atoms with Gasteiger partial charge in [-0.25, -0.2) is 14.6 Å². The van der Waals surface area contributed by atoms with E-state index in [2.05, 4.69) is 0 Å². The summed E-state index contributed by atoms with van der Waals surface area (Å²) in [5.74, 6) is 0.150. The molecule has 0 radical (unpaired) electrons. The van der Waals surface area contributed by atoms with E-state index in [0.717, 1.165) is 21.9 Å². The van der Waals surface area contributed by atoms with Gasteiger partial charge in [-0.05, 0) is 42.5 Å². The molecule has 27 heavy (non-hydrogen) atoms. The highest BCUT2D eigenvalue weighted by Gasteiger charge is 2.42. The second-order valence-corrected chi connectivity index (χ2v) is 6.26. The molecule has 1 saturated heterocycles. The third-order valence-electron chi connectivity index (χ3n) is 3.86. The molecule has 10 heteroatoms. The lowest BCUT2D eigenvalue weighted by Gasteiger charge is -2.19. The summed E-state index contributed by atoms with van der Waals surface area (Å²) < 4.78 is 44.4. The SMILES string of the molecule is COc1ccc(N2C(=O)N(c3ccc(Cl)c(C(F)(F)F)c3)C(=N)C2=S)cc1. The molecule has 140 valence electrons. The van der Waals surface area contributed by atoms with E-state index in [-0.39, 0.29) is 10.7 Å². The van der Waals surface area contributed by atoms with Crippen molar-refractivity contribution >= 4 is 52.0 Å². The Hall–Kier alpha value is -2.65. The highest BCUT2D eigenvalue weighted by Crippen LogP contribution is 2.38. The topological polar surface area (TPSA) is 56.6 Å². The summed E-state index contributed by atoms with van der Waals surface area (Å²) in [5.41, 5.74) is -0.890. The van der Waals surface area contributed by atoms with Gasteiger partial charge in [-0.3, -0.25) is 5.41 Å². The molecule has 0 unspecified atom stereocenters. The number of halogens is 4. The number of nitrogens with one attached hydrogen (secondary N) is 1. The van der Waals surface area contributed by atoms with Crippen molar-refractivity contribution in [1.82, 2.24) is 0 Å². The number of hydrogen-bond donors (Lipinski definition) is 1. The predicted octanol–water partition coefficient (Wildman–Crippen LogP) is 5.12. The number of amidine groups is 1. The molecule has 0 saturated carbocycles. The van der Waals surface area contributed by atoms with Crippen molar-refractivity contribution in [2.75, 3.05) is 16.9 Å². The zero-order valence-corrected chi connectivity index (χ0v) is 15.2. The van der Waals surface area contributed by atoms with Crippen LogP contribution in [0.2, 0.25) is 5.02 Å². The quantitative estimate of drug-likeness (QED) is 0.711. The third-order valence-corrected chi connectivity index (χ3v) is 4.56. The predicted molar refractivity (Wildman–Crippen MR) is 100 cm³/mol. The first-order valence-electron chi connectivity index (χ1n) is 7.43. The first-order chi connectivity index (χ1) is 12.6. The fraction of sp³-hybridized carbons (Fsp3) is 0.118. The van der Waals surface area contributed by atoms with Crippen LogP contribution in [-0.4, -0.2) is 24.0 Å². The number of alkyl halides is 3. The number of anilines is 2. The molecule has 0 aromatic heterocycles. The zero-order chi connectivity index (χ0) is 19.9. The molecular weight excluding hydrogens is 403 g/mol. The van der Waals surface area contributed by atoms with E-state index in [0.29, 0.717) is 11.4 Å². The van der Waals surface area contributed by atoms with Crippen LogP contribution in [-0.2, 0) is 6.18 Å². The number of nitrogens with zero attached hydrogens (tertiary/aromatic N) is 2. The Labute approximate surface area is 162 Å². The number of urea groups is 1. The second kappa shape index (κ2) is 6.82. The van der Waals surface area contributed by atoms with Gasteiger partial charge in [0.25, 0.3) is 0 Å². The van der Waals surface area contributed by atoms with Gasteiger partial charge in [0, 0.05) is 0 Å². The minimum Gasteiger partial charge on any atom is -0.497 e. The van der Waals surface area contributed by atoms with Crippen LogP contribution in [0.15, 0.2) is 42.5 Å². The Kier molecular flexibility index (Phi) is 4.83. The lowest BCUT2D eigenvalue weighted by molar-refractivity contribution is -0.137. The van der Waals surface area contributed by atoms with Crippen molar-refractivity contribution in [2.45, 2.75) is 6.18 Å². The minimum atomic E-state index is -4.70. The number of methoxy groups -OCH3 is 1. The lowest BCUT2D eigenvalue weighted by atomic mass is 10.2. The second-order valence-electron chi connectivity index (χ2n) is 5.47. The Bertz CT molecular complexity index is 947. The van der Waals surface area contributed by atoms with Crippen molar-refractivity contribution in [3.8, 4) is 5.75 Å². The van der Waals surface area contributed by atoms with Gasteiger partial charge in [0.2, 0.25) is 0 Å². The normalized spacial score (nSPS) is 14.9. The number of thiocarbonyl (C=S) groups is 1. The van der Waals surface area contributed by atoms with E-state index in [9.17, 15) is 18.0 Å². The van der Waals surface area contributed by atoms with Gasteiger partial charge in [-0.1, -0.05) is 23.8 Å². The molecule has 0 atom stereocenters. The van der Waals surface area contributed by atoms with E-state index in [4.69, 9.17) is 34.0 Å². The van der Waals surface area contributed by atoms with E-state index >= 15 is 0 Å². The molecule has 1 fully saturated rings. The fourth-order valence-corrected chi connectivity index (χ4v) is 3.05. The van der Waals surface area contributed by atoms with E-state index in [1.807, 2.05) is 0 Å². The van der Waals surface area contributed by atoms with Gasteiger partial charge in [0.15, 0.2) is 10.8 Å². The van der Waals surface area contributed by atoms with Crippen LogP contribution < -0.4 is 14.5 Å². The smallest absolute Gasteiger partial charge is 0.417 e. The van der Waals surface area contributed by atoms with Gasteiger partial charge in [-0.2, -0.15) is 13.2 Å². The minimum absolute atomic E-state index is 0.131. The van der Waals surface area contributed by atoms with Gasteiger partial charge < -0.3 is 4.74 Å². The van der Waals surface area contributed by atoms with Crippen molar-refractivity contribution in [1.29, 1.82) is 5.41 Å². The number of hydrogen-bond acceptors (Lipinski definition) is 4. The summed E-state index contributed by atoms with van der Waals surface area (Å²) in [6, 6.07) is 8.53. The van der Waals surface area contributed by atoms with Crippen LogP contribution in [0, 0.1) is 5.41 Å². The largest absolute Gasteiger partial charge is 0.497 e. The van der Waals surface area contributed by atoms with Gasteiger partial charge in [0.05, 0.1) is 29.1 Å². The van der Waals surface area contributed by atoms with Crippen LogP contribution in [0.5, 0.6) is 5.75 Å². The summed E-state index contributed by atoms with van der Waals surface area (Å²) in [7, 11) is 1.48. The highest BCUT2D eigenvalue weighted by molar-refractivity contribution is 7.82. The fourth-order valence-electron chi connectivity index (χ4n) is 2.55. The Morgan fingerprint density at radius 2 is 1.67 bits per heavy atom. The monoisotopic (exact) mass is 413 g/mol. The standard InChI is InChI=1S/C17H11ClF3N3O2S/c1-26-11-5-2-9(3-6-11)24-15(27)14(22)23(16(24)25)10-4-7-13(18)12(8-10)17(19,20)21/h2-8,22H,1H3. The molecule has 2 aromatic rings. The van der Waals surface area contributed by atoms with E-state index < -0.39 is 28.6 Å². The maximum absolute atomic E-state index is 13.1. The summed E-state index contributed by atoms with van der Waals surface area (Å²) in [6.45, 7) is 0. The molecule has 1 aliphatic heterocycles. The van der Waals surface area contributed by atoms with Crippen molar-refractivity contribution in [3.05, 3.63) is 53.1 Å². The molecule has 5 nitrogen and oxygen atoms in total. The summed E-state index contributed by atoms with van der Waals surface area (Å²) in [4.78, 5) is 14.5. The molecule has 0 bridgehead atoms. The van der Waals surface area contributed by atoms with Gasteiger partial charge in [0.1, 0.15) is 5.75 Å². The van der Waals surface area contributed by atoms with Gasteiger partial charge >= 0.3 is 12.2 Å². The number of carbonyl (C=O) groups excluding carboxylic acids is 1. The molecule has 1 aliphatic rings. The van der Waals surface area contributed by atoms with Crippen molar-refractivity contribution in [2.24, 2.45) is 0 Å². The van der Waals surface area contributed by atoms with Crippen LogP contribution in [0.25, 0.3) is 0 Å². The summed E-state index contributed by atoms with van der Waals surface area (Å²) >= 11 is 10.8.